The third kappa shape index (κ3) is 5.26. The first-order chi connectivity index (χ1) is 11.5. The molecule has 0 fully saturated rings. The molecule has 2 aromatic rings. The lowest BCUT2D eigenvalue weighted by Gasteiger charge is -2.15. The quantitative estimate of drug-likeness (QED) is 0.663. The largest absolute Gasteiger partial charge is 0.496 e. The molecule has 0 bridgehead atoms. The minimum absolute atomic E-state index is 0.0514. The van der Waals surface area contributed by atoms with Gasteiger partial charge in [-0.3, -0.25) is 4.79 Å². The highest BCUT2D eigenvalue weighted by molar-refractivity contribution is 9.10. The molecule has 0 aromatic heterocycles. The third-order valence-corrected chi connectivity index (χ3v) is 4.94. The van der Waals surface area contributed by atoms with Crippen LogP contribution in [0.4, 0.5) is 5.69 Å². The maximum absolute atomic E-state index is 12.1. The Kier molecular flexibility index (Phi) is 7.15. The van der Waals surface area contributed by atoms with Crippen molar-refractivity contribution in [1.29, 1.82) is 0 Å². The third-order valence-electron chi connectivity index (χ3n) is 3.60. The zero-order valence-electron chi connectivity index (χ0n) is 13.9. The topological polar surface area (TPSA) is 50.4 Å². The van der Waals surface area contributed by atoms with Crippen LogP contribution >= 0.6 is 27.7 Å². The number of carbonyl (C=O) groups excluding carboxylic acids is 1. The SMILES string of the molecule is COc1ccc(C(C)NCC(=O)Nc2cccc(SC)c2)cc1Br. The summed E-state index contributed by atoms with van der Waals surface area (Å²) in [6, 6.07) is 13.8. The predicted octanol–water partition coefficient (Wildman–Crippen LogP) is 4.47. The minimum atomic E-state index is -0.0623. The van der Waals surface area contributed by atoms with Crippen molar-refractivity contribution in [2.24, 2.45) is 0 Å². The van der Waals surface area contributed by atoms with Gasteiger partial charge < -0.3 is 15.4 Å². The Balaban J connectivity index is 1.89. The van der Waals surface area contributed by atoms with Crippen LogP contribution in [0.5, 0.6) is 5.75 Å². The number of nitrogens with one attached hydrogen (secondary N) is 2. The lowest BCUT2D eigenvalue weighted by Crippen LogP contribution is -2.30. The number of hydrogen-bond donors (Lipinski definition) is 2. The summed E-state index contributed by atoms with van der Waals surface area (Å²) in [4.78, 5) is 13.2. The van der Waals surface area contributed by atoms with E-state index in [-0.39, 0.29) is 18.5 Å². The van der Waals surface area contributed by atoms with Gasteiger partial charge >= 0.3 is 0 Å². The molecule has 0 aliphatic rings. The smallest absolute Gasteiger partial charge is 0.238 e. The number of methoxy groups -OCH3 is 1. The maximum atomic E-state index is 12.1. The van der Waals surface area contributed by atoms with Gasteiger partial charge in [0, 0.05) is 16.6 Å². The van der Waals surface area contributed by atoms with Crippen molar-refractivity contribution < 1.29 is 9.53 Å². The number of anilines is 1. The summed E-state index contributed by atoms with van der Waals surface area (Å²) >= 11 is 5.13. The second-order valence-corrected chi connectivity index (χ2v) is 7.01. The van der Waals surface area contributed by atoms with Crippen molar-refractivity contribution in [2.45, 2.75) is 17.9 Å². The molecule has 1 atom stereocenters. The fourth-order valence-electron chi connectivity index (χ4n) is 2.22. The highest BCUT2D eigenvalue weighted by Crippen LogP contribution is 2.27. The van der Waals surface area contributed by atoms with E-state index < -0.39 is 0 Å². The van der Waals surface area contributed by atoms with Crippen LogP contribution in [0.2, 0.25) is 0 Å². The number of halogens is 1. The fraction of sp³-hybridized carbons (Fsp3) is 0.278. The Bertz CT molecular complexity index is 709. The standard InChI is InChI=1S/C18H21BrN2O2S/c1-12(13-7-8-17(23-2)16(19)9-13)20-11-18(22)21-14-5-4-6-15(10-14)24-3/h4-10,12,20H,11H2,1-3H3,(H,21,22). The molecule has 4 nitrogen and oxygen atoms in total. The summed E-state index contributed by atoms with van der Waals surface area (Å²) in [7, 11) is 1.64. The van der Waals surface area contributed by atoms with Gasteiger partial charge in [-0.2, -0.15) is 0 Å². The van der Waals surface area contributed by atoms with Gasteiger partial charge in [-0.25, -0.2) is 0 Å². The zero-order chi connectivity index (χ0) is 17.5. The second-order valence-electron chi connectivity index (χ2n) is 5.28. The molecule has 0 saturated heterocycles. The minimum Gasteiger partial charge on any atom is -0.496 e. The van der Waals surface area contributed by atoms with Crippen molar-refractivity contribution in [3.8, 4) is 5.75 Å². The van der Waals surface area contributed by atoms with Crippen LogP contribution in [-0.2, 0) is 4.79 Å². The van der Waals surface area contributed by atoms with E-state index in [2.05, 4.69) is 26.6 Å². The number of thioether (sulfide) groups is 1. The normalized spacial score (nSPS) is 11.8. The first-order valence-electron chi connectivity index (χ1n) is 7.54. The molecule has 6 heteroatoms. The van der Waals surface area contributed by atoms with E-state index in [1.165, 1.54) is 0 Å². The van der Waals surface area contributed by atoms with Crippen LogP contribution in [0, 0.1) is 0 Å². The van der Waals surface area contributed by atoms with Crippen LogP contribution in [0.1, 0.15) is 18.5 Å². The average Bonchev–Trinajstić information content (AvgIpc) is 2.59. The molecular formula is C18H21BrN2O2S. The monoisotopic (exact) mass is 408 g/mol. The van der Waals surface area contributed by atoms with Crippen molar-refractivity contribution in [3.05, 3.63) is 52.5 Å². The number of hydrogen-bond acceptors (Lipinski definition) is 4. The number of carbonyl (C=O) groups is 1. The Morgan fingerprint density at radius 2 is 2.08 bits per heavy atom. The van der Waals surface area contributed by atoms with Crippen LogP contribution in [0.3, 0.4) is 0 Å². The van der Waals surface area contributed by atoms with E-state index in [1.54, 1.807) is 18.9 Å². The van der Waals surface area contributed by atoms with E-state index >= 15 is 0 Å². The molecule has 2 rings (SSSR count). The average molecular weight is 409 g/mol. The van der Waals surface area contributed by atoms with Gasteiger partial charge in [0.2, 0.25) is 5.91 Å². The Labute approximate surface area is 155 Å². The zero-order valence-corrected chi connectivity index (χ0v) is 16.3. The molecular weight excluding hydrogens is 388 g/mol. The van der Waals surface area contributed by atoms with Crippen molar-refractivity contribution >= 4 is 39.3 Å². The fourth-order valence-corrected chi connectivity index (χ4v) is 3.24. The van der Waals surface area contributed by atoms with Gasteiger partial charge in [0.15, 0.2) is 0 Å². The van der Waals surface area contributed by atoms with Crippen LogP contribution < -0.4 is 15.4 Å². The van der Waals surface area contributed by atoms with Gasteiger partial charge in [-0.15, -0.1) is 11.8 Å². The molecule has 1 amide bonds. The van der Waals surface area contributed by atoms with Gasteiger partial charge in [-0.05, 0) is 65.0 Å². The van der Waals surface area contributed by atoms with Gasteiger partial charge in [0.05, 0.1) is 18.1 Å². The lowest BCUT2D eigenvalue weighted by molar-refractivity contribution is -0.115. The molecule has 128 valence electrons. The number of amides is 1. The molecule has 0 aliphatic heterocycles. The molecule has 0 radical (unpaired) electrons. The molecule has 0 saturated carbocycles. The van der Waals surface area contributed by atoms with E-state index in [1.807, 2.05) is 55.6 Å². The second kappa shape index (κ2) is 9.11. The van der Waals surface area contributed by atoms with Gasteiger partial charge in [-0.1, -0.05) is 12.1 Å². The van der Waals surface area contributed by atoms with E-state index in [0.29, 0.717) is 0 Å². The molecule has 0 aliphatic carbocycles. The van der Waals surface area contributed by atoms with Crippen LogP contribution in [0.25, 0.3) is 0 Å². The van der Waals surface area contributed by atoms with Crippen LogP contribution in [0.15, 0.2) is 51.8 Å². The first kappa shape index (κ1) is 18.8. The van der Waals surface area contributed by atoms with Gasteiger partial charge in [0.1, 0.15) is 5.75 Å². The van der Waals surface area contributed by atoms with E-state index in [4.69, 9.17) is 4.74 Å². The molecule has 2 aromatic carbocycles. The van der Waals surface area contributed by atoms with Crippen LogP contribution in [-0.4, -0.2) is 25.8 Å². The molecule has 2 N–H and O–H groups in total. The summed E-state index contributed by atoms with van der Waals surface area (Å²) in [6.45, 7) is 2.27. The summed E-state index contributed by atoms with van der Waals surface area (Å²) in [5, 5.41) is 6.14. The first-order valence-corrected chi connectivity index (χ1v) is 9.56. The molecule has 24 heavy (non-hydrogen) atoms. The summed E-state index contributed by atoms with van der Waals surface area (Å²) in [5.41, 5.74) is 1.90. The van der Waals surface area contributed by atoms with E-state index in [9.17, 15) is 4.79 Å². The highest BCUT2D eigenvalue weighted by Gasteiger charge is 2.10. The summed E-state index contributed by atoms with van der Waals surface area (Å²) in [5.74, 6) is 0.727. The lowest BCUT2D eigenvalue weighted by atomic mass is 10.1. The summed E-state index contributed by atoms with van der Waals surface area (Å²) in [6.07, 6.45) is 2.01. The number of ether oxygens (including phenoxy) is 1. The Morgan fingerprint density at radius 1 is 1.29 bits per heavy atom. The Hall–Kier alpha value is -1.50. The highest BCUT2D eigenvalue weighted by atomic mass is 79.9. The van der Waals surface area contributed by atoms with Gasteiger partial charge in [0.25, 0.3) is 0 Å². The van der Waals surface area contributed by atoms with Crippen molar-refractivity contribution in [2.75, 3.05) is 25.2 Å². The molecule has 1 unspecified atom stereocenters. The predicted molar refractivity (Wildman–Crippen MR) is 104 cm³/mol. The Morgan fingerprint density at radius 3 is 2.75 bits per heavy atom. The molecule has 0 spiro atoms. The maximum Gasteiger partial charge on any atom is 0.238 e. The number of rotatable bonds is 7. The van der Waals surface area contributed by atoms with Crippen molar-refractivity contribution in [3.63, 3.8) is 0 Å². The molecule has 0 heterocycles. The number of benzene rings is 2. The van der Waals surface area contributed by atoms with Crippen molar-refractivity contribution in [1.82, 2.24) is 5.32 Å². The summed E-state index contributed by atoms with van der Waals surface area (Å²) < 4.78 is 6.13. The van der Waals surface area contributed by atoms with E-state index in [0.717, 1.165) is 26.4 Å².